The van der Waals surface area contributed by atoms with E-state index in [9.17, 15) is 84.2 Å². The van der Waals surface area contributed by atoms with Crippen LogP contribution in [-0.2, 0) is 14.3 Å². The zero-order chi connectivity index (χ0) is 31.2. The van der Waals surface area contributed by atoms with Gasteiger partial charge in [0.05, 0.1) is 6.42 Å². The maximum absolute atomic E-state index is 14.2. The summed E-state index contributed by atoms with van der Waals surface area (Å²) in [4.78, 5) is 21.7. The number of carbonyl (C=O) groups is 2. The molecule has 0 aromatic carbocycles. The molecule has 0 bridgehead atoms. The molecule has 0 saturated heterocycles. The molecule has 1 N–H and O–H groups in total. The number of carboxylic acid groups (broad SMARTS) is 1. The zero-order valence-corrected chi connectivity index (χ0v) is 18.2. The van der Waals surface area contributed by atoms with Crippen molar-refractivity contribution in [2.24, 2.45) is 0 Å². The van der Waals surface area contributed by atoms with Crippen molar-refractivity contribution in [3.63, 3.8) is 0 Å². The normalized spacial score (nSPS) is 16.9. The number of aliphatic carboxylic acids is 1. The highest BCUT2D eigenvalue weighted by molar-refractivity contribution is 5.90. The van der Waals surface area contributed by atoms with E-state index in [1.165, 1.54) is 0 Å². The summed E-state index contributed by atoms with van der Waals surface area (Å²) in [5.41, 5.74) is -3.13. The highest BCUT2D eigenvalue weighted by Gasteiger charge is 2.95. The van der Waals surface area contributed by atoms with Crippen LogP contribution < -0.4 is 0 Å². The lowest BCUT2D eigenvalue weighted by atomic mass is 9.85. The Morgan fingerprint density at radius 1 is 0.632 bits per heavy atom. The van der Waals surface area contributed by atoms with Crippen LogP contribution in [0.25, 0.3) is 0 Å². The van der Waals surface area contributed by atoms with Crippen molar-refractivity contribution in [2.45, 2.75) is 79.9 Å². The van der Waals surface area contributed by atoms with Gasteiger partial charge in [-0.1, -0.05) is 6.92 Å². The smallest absolute Gasteiger partial charge is 0.460 e. The van der Waals surface area contributed by atoms with Gasteiger partial charge in [0.15, 0.2) is 0 Å². The molecule has 0 aliphatic rings. The molecule has 21 heteroatoms. The van der Waals surface area contributed by atoms with Gasteiger partial charge in [-0.05, 0) is 13.3 Å². The second-order valence-electron chi connectivity index (χ2n) is 7.72. The second-order valence-corrected chi connectivity index (χ2v) is 7.72. The lowest BCUT2D eigenvalue weighted by Gasteiger charge is -2.43. The fourth-order valence-corrected chi connectivity index (χ4v) is 2.43. The quantitative estimate of drug-likeness (QED) is 0.152. The van der Waals surface area contributed by atoms with Gasteiger partial charge in [0.1, 0.15) is 5.60 Å². The number of ether oxygens (including phenoxy) is 1. The summed E-state index contributed by atoms with van der Waals surface area (Å²) >= 11 is 0. The van der Waals surface area contributed by atoms with Gasteiger partial charge in [0.25, 0.3) is 0 Å². The van der Waals surface area contributed by atoms with Gasteiger partial charge in [0.2, 0.25) is 0 Å². The van der Waals surface area contributed by atoms with Crippen molar-refractivity contribution in [1.29, 1.82) is 0 Å². The molecule has 224 valence electrons. The van der Waals surface area contributed by atoms with Crippen molar-refractivity contribution < 1.29 is 94.1 Å². The van der Waals surface area contributed by atoms with Crippen molar-refractivity contribution in [1.82, 2.24) is 0 Å². The Balaban J connectivity index is 6.65. The van der Waals surface area contributed by atoms with E-state index in [0.717, 1.165) is 0 Å². The number of hydrogen-bond acceptors (Lipinski definition) is 3. The molecule has 1 atom stereocenters. The molecular weight excluding hydrogens is 591 g/mol. The number of carboxylic acids is 1. The van der Waals surface area contributed by atoms with Crippen LogP contribution in [0.15, 0.2) is 12.2 Å². The summed E-state index contributed by atoms with van der Waals surface area (Å²) in [7, 11) is 0. The van der Waals surface area contributed by atoms with E-state index in [-0.39, 0.29) is 19.1 Å². The van der Waals surface area contributed by atoms with Crippen LogP contribution in [0.2, 0.25) is 0 Å². The lowest BCUT2D eigenvalue weighted by molar-refractivity contribution is -0.462. The van der Waals surface area contributed by atoms with Crippen LogP contribution in [-0.4, -0.2) is 70.3 Å². The van der Waals surface area contributed by atoms with Crippen molar-refractivity contribution >= 4 is 11.9 Å². The maximum Gasteiger partial charge on any atom is 0.460 e. The molecule has 0 aromatic rings. The Bertz CT molecular complexity index is 922. The monoisotopic (exact) mass is 604 g/mol. The van der Waals surface area contributed by atoms with Gasteiger partial charge in [-0.2, -0.15) is 74.6 Å². The molecule has 0 heterocycles. The third kappa shape index (κ3) is 5.59. The van der Waals surface area contributed by atoms with E-state index in [1.54, 1.807) is 0 Å². The molecule has 0 aliphatic carbocycles. The van der Waals surface area contributed by atoms with Crippen LogP contribution in [0.1, 0.15) is 26.7 Å². The van der Waals surface area contributed by atoms with Gasteiger partial charge in [-0.25, -0.2) is 9.59 Å². The van der Waals surface area contributed by atoms with Gasteiger partial charge in [-0.15, -0.1) is 0 Å². The van der Waals surface area contributed by atoms with E-state index >= 15 is 0 Å². The average Bonchev–Trinajstić information content (AvgIpc) is 2.69. The predicted molar refractivity (Wildman–Crippen MR) is 86.9 cm³/mol. The summed E-state index contributed by atoms with van der Waals surface area (Å²) in [6, 6.07) is 0. The molecular formula is C17H13F17O4. The van der Waals surface area contributed by atoms with E-state index < -0.39 is 78.0 Å². The molecule has 0 saturated carbocycles. The number of carbonyl (C=O) groups excluding carboxylic acids is 1. The minimum atomic E-state index is -8.75. The predicted octanol–water partition coefficient (Wildman–Crippen LogP) is 6.74. The molecule has 0 aromatic heterocycles. The number of alkyl halides is 17. The standard InChI is InChI=1S/C17H13F17O4/c1-3-9(2,38-8(37)5-4-7(35)36)6-10(18,19)11(20,21)12(22,23)13(24,25)14(26,27)15(28,29)16(30,31)17(32,33)34/h4-5H,3,6H2,1-2H3,(H,35,36)/b5-4+. The van der Waals surface area contributed by atoms with Crippen molar-refractivity contribution in [3.05, 3.63) is 12.2 Å². The highest BCUT2D eigenvalue weighted by atomic mass is 19.4. The Kier molecular flexibility index (Phi) is 9.25. The Hall–Kier alpha value is -2.51. The summed E-state index contributed by atoms with van der Waals surface area (Å²) in [6.45, 7) is 0.926. The van der Waals surface area contributed by atoms with E-state index in [0.29, 0.717) is 6.92 Å². The minimum Gasteiger partial charge on any atom is -0.478 e. The van der Waals surface area contributed by atoms with E-state index in [4.69, 9.17) is 5.11 Å². The minimum absolute atomic E-state index is 0.0150. The molecule has 0 amide bonds. The van der Waals surface area contributed by atoms with Crippen molar-refractivity contribution in [3.8, 4) is 0 Å². The number of hydrogen-bond donors (Lipinski definition) is 1. The summed E-state index contributed by atoms with van der Waals surface area (Å²) in [5.74, 6) is -61.3. The molecule has 0 rings (SSSR count). The molecule has 4 nitrogen and oxygen atoms in total. The molecule has 0 aliphatic heterocycles. The Morgan fingerprint density at radius 2 is 0.974 bits per heavy atom. The average molecular weight is 604 g/mol. The largest absolute Gasteiger partial charge is 0.478 e. The maximum atomic E-state index is 14.2. The molecule has 0 radical (unpaired) electrons. The first-order valence-electron chi connectivity index (χ1n) is 9.18. The molecule has 0 fully saturated rings. The summed E-state index contributed by atoms with van der Waals surface area (Å²) in [5, 5.41) is 8.30. The molecule has 0 spiro atoms. The van der Waals surface area contributed by atoms with Crippen LogP contribution in [0.3, 0.4) is 0 Å². The summed E-state index contributed by atoms with van der Waals surface area (Å²) in [6.07, 6.45) is -12.0. The molecule has 1 unspecified atom stereocenters. The third-order valence-electron chi connectivity index (χ3n) is 4.84. The first kappa shape index (κ1) is 35.5. The lowest BCUT2D eigenvalue weighted by Crippen LogP contribution is -2.74. The van der Waals surface area contributed by atoms with Crippen molar-refractivity contribution in [2.75, 3.05) is 0 Å². The fourth-order valence-electron chi connectivity index (χ4n) is 2.43. The first-order valence-corrected chi connectivity index (χ1v) is 9.18. The first-order chi connectivity index (χ1) is 16.3. The Labute approximate surface area is 199 Å². The number of esters is 1. The Morgan fingerprint density at radius 3 is 1.29 bits per heavy atom. The number of rotatable bonds is 12. The van der Waals surface area contributed by atoms with E-state index in [1.807, 2.05) is 0 Å². The highest BCUT2D eigenvalue weighted by Crippen LogP contribution is 2.64. The van der Waals surface area contributed by atoms with Gasteiger partial charge >= 0.3 is 59.6 Å². The van der Waals surface area contributed by atoms with Gasteiger partial charge in [-0.3, -0.25) is 0 Å². The van der Waals surface area contributed by atoms with Crippen LogP contribution in [0.5, 0.6) is 0 Å². The summed E-state index contributed by atoms with van der Waals surface area (Å²) < 4.78 is 231. The fraction of sp³-hybridized carbons (Fsp3) is 0.765. The van der Waals surface area contributed by atoms with Crippen LogP contribution >= 0.6 is 0 Å². The van der Waals surface area contributed by atoms with Crippen LogP contribution in [0, 0.1) is 0 Å². The van der Waals surface area contributed by atoms with E-state index in [2.05, 4.69) is 4.74 Å². The SMILES string of the molecule is CCC(C)(CC(F)(F)C(F)(F)C(F)(F)C(F)(F)C(F)(F)C(F)(F)C(F)(F)C(F)(F)F)OC(=O)/C=C/C(=O)O. The number of halogens is 17. The zero-order valence-electron chi connectivity index (χ0n) is 18.2. The third-order valence-corrected chi connectivity index (χ3v) is 4.84. The molecule has 38 heavy (non-hydrogen) atoms. The van der Waals surface area contributed by atoms with Gasteiger partial charge < -0.3 is 9.84 Å². The van der Waals surface area contributed by atoms with Gasteiger partial charge in [0, 0.05) is 12.2 Å². The second kappa shape index (κ2) is 9.91. The topological polar surface area (TPSA) is 63.6 Å². The van der Waals surface area contributed by atoms with Crippen LogP contribution in [0.4, 0.5) is 74.6 Å².